The number of hydrogen-bond acceptors (Lipinski definition) is 1. The summed E-state index contributed by atoms with van der Waals surface area (Å²) in [4.78, 5) is 0. The van der Waals surface area contributed by atoms with E-state index in [-0.39, 0.29) is 0 Å². The van der Waals surface area contributed by atoms with Crippen LogP contribution in [0.2, 0.25) is 0 Å². The van der Waals surface area contributed by atoms with Gasteiger partial charge in [-0.2, -0.15) is 0 Å². The fourth-order valence-corrected chi connectivity index (χ4v) is 8.89. The van der Waals surface area contributed by atoms with Gasteiger partial charge in [0, 0.05) is 20.2 Å². The summed E-state index contributed by atoms with van der Waals surface area (Å²) in [5.41, 5.74) is 7.56. The van der Waals surface area contributed by atoms with E-state index in [2.05, 4.69) is 170 Å². The van der Waals surface area contributed by atoms with Gasteiger partial charge in [-0.1, -0.05) is 158 Å². The Bertz CT molecular complexity index is 2780. The first-order valence-electron chi connectivity index (χ1n) is 16.2. The van der Waals surface area contributed by atoms with Gasteiger partial charge in [0.2, 0.25) is 0 Å². The van der Waals surface area contributed by atoms with Gasteiger partial charge in [-0.05, 0) is 88.6 Å². The highest BCUT2D eigenvalue weighted by molar-refractivity contribution is 7.26. The fraction of sp³-hybridized carbons (Fsp3) is 0. The summed E-state index contributed by atoms with van der Waals surface area (Å²) in [5, 5.41) is 13.0. The first-order chi connectivity index (χ1) is 23.3. The highest BCUT2D eigenvalue weighted by atomic mass is 32.1. The molecule has 218 valence electrons. The molecule has 1 heterocycles. The highest BCUT2D eigenvalue weighted by Gasteiger charge is 2.17. The van der Waals surface area contributed by atoms with Crippen molar-refractivity contribution in [1.29, 1.82) is 0 Å². The van der Waals surface area contributed by atoms with Crippen LogP contribution in [0.5, 0.6) is 0 Å². The molecule has 0 radical (unpaired) electrons. The number of fused-ring (bicyclic) bond motifs is 8. The van der Waals surface area contributed by atoms with Crippen molar-refractivity contribution in [3.63, 3.8) is 0 Å². The van der Waals surface area contributed by atoms with Crippen LogP contribution in [0.4, 0.5) is 0 Å². The largest absolute Gasteiger partial charge is 0.135 e. The Balaban J connectivity index is 1.12. The van der Waals surface area contributed by atoms with Crippen LogP contribution < -0.4 is 0 Å². The summed E-state index contributed by atoms with van der Waals surface area (Å²) in [6, 6.07) is 62.7. The molecule has 10 aromatic rings. The van der Waals surface area contributed by atoms with Gasteiger partial charge in [0.15, 0.2) is 0 Å². The van der Waals surface area contributed by atoms with Gasteiger partial charge in [0.05, 0.1) is 0 Å². The van der Waals surface area contributed by atoms with E-state index in [1.165, 1.54) is 96.6 Å². The normalized spacial score (nSPS) is 11.8. The van der Waals surface area contributed by atoms with Crippen LogP contribution in [-0.4, -0.2) is 0 Å². The van der Waals surface area contributed by atoms with Crippen LogP contribution >= 0.6 is 11.3 Å². The van der Waals surface area contributed by atoms with E-state index in [0.29, 0.717) is 0 Å². The summed E-state index contributed by atoms with van der Waals surface area (Å²) >= 11 is 1.90. The first-order valence-corrected chi connectivity index (χ1v) is 17.0. The molecule has 0 fully saturated rings. The van der Waals surface area contributed by atoms with Crippen LogP contribution in [0.15, 0.2) is 170 Å². The Morgan fingerprint density at radius 1 is 0.277 bits per heavy atom. The predicted octanol–water partition coefficient (Wildman–Crippen LogP) is 13.7. The molecule has 0 aliphatic carbocycles. The summed E-state index contributed by atoms with van der Waals surface area (Å²) in [6.45, 7) is 0. The molecule has 0 saturated carbocycles. The van der Waals surface area contributed by atoms with E-state index >= 15 is 0 Å². The summed E-state index contributed by atoms with van der Waals surface area (Å²) in [5.74, 6) is 0. The second kappa shape index (κ2) is 10.4. The summed E-state index contributed by atoms with van der Waals surface area (Å²) in [6.07, 6.45) is 0. The smallest absolute Gasteiger partial charge is 0.0433 e. The molecule has 0 unspecified atom stereocenters. The Morgan fingerprint density at radius 2 is 0.766 bits per heavy atom. The van der Waals surface area contributed by atoms with E-state index in [4.69, 9.17) is 0 Å². The van der Waals surface area contributed by atoms with Crippen molar-refractivity contribution in [1.82, 2.24) is 0 Å². The van der Waals surface area contributed by atoms with E-state index in [1.807, 2.05) is 11.3 Å². The lowest BCUT2D eigenvalue weighted by molar-refractivity contribution is 1.63. The van der Waals surface area contributed by atoms with Crippen molar-refractivity contribution < 1.29 is 0 Å². The molecule has 1 aromatic heterocycles. The van der Waals surface area contributed by atoms with E-state index in [9.17, 15) is 0 Å². The number of rotatable bonds is 3. The molecule has 0 spiro atoms. The van der Waals surface area contributed by atoms with Gasteiger partial charge in [0.25, 0.3) is 0 Å². The van der Waals surface area contributed by atoms with Gasteiger partial charge in [-0.15, -0.1) is 11.3 Å². The van der Waals surface area contributed by atoms with Crippen molar-refractivity contribution in [3.8, 4) is 33.4 Å². The van der Waals surface area contributed by atoms with Crippen LogP contribution in [-0.2, 0) is 0 Å². The second-order valence-electron chi connectivity index (χ2n) is 12.5. The number of thiophene rings is 1. The Kier molecular flexibility index (Phi) is 5.85. The Labute approximate surface area is 276 Å². The lowest BCUT2D eigenvalue weighted by Gasteiger charge is -2.18. The van der Waals surface area contributed by atoms with Gasteiger partial charge in [-0.3, -0.25) is 0 Å². The zero-order chi connectivity index (χ0) is 30.9. The van der Waals surface area contributed by atoms with E-state index < -0.39 is 0 Å². The lowest BCUT2D eigenvalue weighted by atomic mass is 9.85. The Hall–Kier alpha value is -5.76. The van der Waals surface area contributed by atoms with Crippen LogP contribution in [0.1, 0.15) is 0 Å². The quantitative estimate of drug-likeness (QED) is 0.174. The molecule has 47 heavy (non-hydrogen) atoms. The van der Waals surface area contributed by atoms with Gasteiger partial charge < -0.3 is 0 Å². The third-order valence-corrected chi connectivity index (χ3v) is 11.0. The first kappa shape index (κ1) is 26.5. The minimum atomic E-state index is 1.24. The molecule has 10 rings (SSSR count). The average molecular weight is 613 g/mol. The predicted molar refractivity (Wildman–Crippen MR) is 206 cm³/mol. The molecule has 1 heteroatoms. The molecular weight excluding hydrogens is 585 g/mol. The van der Waals surface area contributed by atoms with Crippen LogP contribution in [0.25, 0.3) is 96.6 Å². The molecule has 9 aromatic carbocycles. The van der Waals surface area contributed by atoms with Crippen LogP contribution in [0.3, 0.4) is 0 Å². The Morgan fingerprint density at radius 3 is 1.47 bits per heavy atom. The average Bonchev–Trinajstić information content (AvgIpc) is 3.52. The molecule has 0 aliphatic heterocycles. The maximum Gasteiger partial charge on any atom is 0.0433 e. The third-order valence-electron chi connectivity index (χ3n) is 9.84. The second-order valence-corrected chi connectivity index (χ2v) is 13.5. The molecular formula is C46H28S. The highest BCUT2D eigenvalue weighted by Crippen LogP contribution is 2.45. The minimum Gasteiger partial charge on any atom is -0.135 e. The zero-order valence-corrected chi connectivity index (χ0v) is 26.4. The van der Waals surface area contributed by atoms with E-state index in [0.717, 1.165) is 0 Å². The number of hydrogen-bond donors (Lipinski definition) is 0. The summed E-state index contributed by atoms with van der Waals surface area (Å²) < 4.78 is 2.70. The monoisotopic (exact) mass is 612 g/mol. The van der Waals surface area contributed by atoms with Crippen molar-refractivity contribution in [2.45, 2.75) is 0 Å². The minimum absolute atomic E-state index is 1.24. The molecule has 0 aliphatic rings. The maximum absolute atomic E-state index is 2.37. The van der Waals surface area contributed by atoms with Crippen molar-refractivity contribution in [2.24, 2.45) is 0 Å². The topological polar surface area (TPSA) is 0 Å². The van der Waals surface area contributed by atoms with E-state index in [1.54, 1.807) is 0 Å². The SMILES string of the molecule is c1ccc2cc(-c3c4ccccc4c(-c4ccc(-c5ccc6c(c5)sc5c7ccccc7ccc65)cc4)c4ccccc34)ccc2c1. The third kappa shape index (κ3) is 4.14. The van der Waals surface area contributed by atoms with Crippen molar-refractivity contribution >= 4 is 74.6 Å². The zero-order valence-electron chi connectivity index (χ0n) is 25.6. The standard InChI is InChI=1S/C46H28S/c1-2-11-33-27-35(22-19-29(33)9-1)45-40-15-7-5-13-38(40)44(39-14-6-8-16-41(39)45)32-20-17-30(18-21-32)34-24-25-37-42-26-23-31-10-3-4-12-36(31)46(42)47-43(37)28-34/h1-28H. The van der Waals surface area contributed by atoms with Gasteiger partial charge in [-0.25, -0.2) is 0 Å². The lowest BCUT2D eigenvalue weighted by Crippen LogP contribution is -1.91. The molecule has 0 atom stereocenters. The van der Waals surface area contributed by atoms with Crippen molar-refractivity contribution in [3.05, 3.63) is 170 Å². The maximum atomic E-state index is 2.37. The molecule has 0 amide bonds. The molecule has 0 saturated heterocycles. The van der Waals surface area contributed by atoms with Gasteiger partial charge >= 0.3 is 0 Å². The fourth-order valence-electron chi connectivity index (χ4n) is 7.61. The number of benzene rings is 9. The van der Waals surface area contributed by atoms with Crippen LogP contribution in [0, 0.1) is 0 Å². The molecule has 0 bridgehead atoms. The molecule has 0 nitrogen and oxygen atoms in total. The van der Waals surface area contributed by atoms with Gasteiger partial charge in [0.1, 0.15) is 0 Å². The summed E-state index contributed by atoms with van der Waals surface area (Å²) in [7, 11) is 0. The molecule has 0 N–H and O–H groups in total. The van der Waals surface area contributed by atoms with Crippen molar-refractivity contribution in [2.75, 3.05) is 0 Å².